The minimum Gasteiger partial charge on any atom is -0.444 e. The Morgan fingerprint density at radius 2 is 2.00 bits per heavy atom. The Hall–Kier alpha value is -3.50. The number of hydrogen-bond acceptors (Lipinski definition) is 6. The first kappa shape index (κ1) is 22.7. The molecule has 1 amide bonds. The van der Waals surface area contributed by atoms with Crippen molar-refractivity contribution in [2.45, 2.75) is 45.2 Å². The molecule has 1 atom stereocenters. The minimum atomic E-state index is -4.77. The van der Waals surface area contributed by atoms with Gasteiger partial charge in [-0.25, -0.2) is 14.8 Å². The Kier molecular flexibility index (Phi) is 5.81. The van der Waals surface area contributed by atoms with Crippen molar-refractivity contribution >= 4 is 17.6 Å². The van der Waals surface area contributed by atoms with E-state index in [1.807, 2.05) is 32.9 Å². The van der Waals surface area contributed by atoms with E-state index in [9.17, 15) is 18.0 Å². The highest BCUT2D eigenvalue weighted by Gasteiger charge is 2.31. The number of carbonyl (C=O) groups excluding carboxylic acids is 1. The SMILES string of the molecule is CC(C)(C)OC(=O)N1CCC(Nc2cccc(-c3cnc4cc(OC(F)(F)F)ccn34)n2)C1. The zero-order valence-electron chi connectivity index (χ0n) is 18.4. The number of nitrogens with zero attached hydrogens (tertiary/aromatic N) is 4. The van der Waals surface area contributed by atoms with E-state index < -0.39 is 12.0 Å². The smallest absolute Gasteiger partial charge is 0.444 e. The number of alkyl halides is 3. The van der Waals surface area contributed by atoms with Gasteiger partial charge in [-0.3, -0.25) is 4.40 Å². The predicted octanol–water partition coefficient (Wildman–Crippen LogP) is 4.72. The lowest BCUT2D eigenvalue weighted by Crippen LogP contribution is -2.36. The standard InChI is InChI=1S/C22H24F3N5O3/c1-21(2,3)33-20(31)29-9-7-14(13-29)27-18-6-4-5-16(28-18)17-12-26-19-11-15(8-10-30(17)19)32-22(23,24)25/h4-6,8,10-12,14H,7,9,13H2,1-3H3,(H,27,28). The molecule has 0 bridgehead atoms. The van der Waals surface area contributed by atoms with Crippen LogP contribution in [-0.2, 0) is 4.74 Å². The van der Waals surface area contributed by atoms with Crippen LogP contribution in [0.1, 0.15) is 27.2 Å². The maximum absolute atomic E-state index is 12.5. The molecule has 8 nitrogen and oxygen atoms in total. The fraction of sp³-hybridized carbons (Fsp3) is 0.409. The molecular formula is C22H24F3N5O3. The summed E-state index contributed by atoms with van der Waals surface area (Å²) in [5, 5.41) is 3.34. The van der Waals surface area contributed by atoms with Gasteiger partial charge in [0.15, 0.2) is 0 Å². The number of aromatic nitrogens is 3. The summed E-state index contributed by atoms with van der Waals surface area (Å²) in [6, 6.07) is 7.88. The van der Waals surface area contributed by atoms with E-state index in [1.165, 1.54) is 18.3 Å². The molecule has 3 aromatic heterocycles. The average Bonchev–Trinajstić information content (AvgIpc) is 3.32. The van der Waals surface area contributed by atoms with Gasteiger partial charge in [-0.15, -0.1) is 13.2 Å². The molecule has 0 radical (unpaired) electrons. The highest BCUT2D eigenvalue weighted by Crippen LogP contribution is 2.27. The van der Waals surface area contributed by atoms with Gasteiger partial charge in [0.2, 0.25) is 0 Å². The van der Waals surface area contributed by atoms with Crippen LogP contribution in [0.15, 0.2) is 42.7 Å². The van der Waals surface area contributed by atoms with Crippen LogP contribution in [0.5, 0.6) is 5.75 Å². The van der Waals surface area contributed by atoms with Gasteiger partial charge in [0.05, 0.1) is 17.6 Å². The topological polar surface area (TPSA) is 81.0 Å². The molecule has 1 unspecified atom stereocenters. The number of carbonyl (C=O) groups is 1. The summed E-state index contributed by atoms with van der Waals surface area (Å²) in [7, 11) is 0. The molecule has 0 spiro atoms. The molecule has 0 saturated carbocycles. The number of amides is 1. The van der Waals surface area contributed by atoms with Crippen molar-refractivity contribution in [3.8, 4) is 17.1 Å². The first-order valence-corrected chi connectivity index (χ1v) is 10.4. The van der Waals surface area contributed by atoms with Crippen LogP contribution in [-0.4, -0.2) is 56.5 Å². The summed E-state index contributed by atoms with van der Waals surface area (Å²) >= 11 is 0. The monoisotopic (exact) mass is 463 g/mol. The molecule has 176 valence electrons. The quantitative estimate of drug-likeness (QED) is 0.603. The van der Waals surface area contributed by atoms with Gasteiger partial charge in [-0.05, 0) is 45.4 Å². The molecule has 33 heavy (non-hydrogen) atoms. The Morgan fingerprint density at radius 1 is 1.21 bits per heavy atom. The Morgan fingerprint density at radius 3 is 2.73 bits per heavy atom. The zero-order valence-corrected chi connectivity index (χ0v) is 18.4. The van der Waals surface area contributed by atoms with Crippen LogP contribution in [0.25, 0.3) is 17.0 Å². The van der Waals surface area contributed by atoms with E-state index in [1.54, 1.807) is 21.6 Å². The van der Waals surface area contributed by atoms with Gasteiger partial charge in [0.25, 0.3) is 0 Å². The first-order valence-electron chi connectivity index (χ1n) is 10.4. The van der Waals surface area contributed by atoms with E-state index in [2.05, 4.69) is 20.0 Å². The molecule has 1 aliphatic rings. The molecule has 3 aromatic rings. The number of likely N-dealkylation sites (tertiary alicyclic amines) is 1. The maximum atomic E-state index is 12.5. The minimum absolute atomic E-state index is 0.0181. The van der Waals surface area contributed by atoms with Crippen molar-refractivity contribution in [3.05, 3.63) is 42.7 Å². The Labute approximate surface area is 188 Å². The highest BCUT2D eigenvalue weighted by atomic mass is 19.4. The lowest BCUT2D eigenvalue weighted by Gasteiger charge is -2.24. The summed E-state index contributed by atoms with van der Waals surface area (Å²) in [5.41, 5.74) is 0.968. The Bertz CT molecular complexity index is 1160. The Balaban J connectivity index is 1.46. The van der Waals surface area contributed by atoms with Crippen LogP contribution in [0.3, 0.4) is 0 Å². The maximum Gasteiger partial charge on any atom is 0.573 e. The second kappa shape index (κ2) is 8.45. The lowest BCUT2D eigenvalue weighted by molar-refractivity contribution is -0.274. The third-order valence-electron chi connectivity index (χ3n) is 4.92. The van der Waals surface area contributed by atoms with Crippen molar-refractivity contribution in [3.63, 3.8) is 0 Å². The van der Waals surface area contributed by atoms with Crippen molar-refractivity contribution in [2.75, 3.05) is 18.4 Å². The second-order valence-electron chi connectivity index (χ2n) is 8.75. The highest BCUT2D eigenvalue weighted by molar-refractivity contribution is 5.69. The van der Waals surface area contributed by atoms with Crippen LogP contribution in [0.4, 0.5) is 23.8 Å². The zero-order chi connectivity index (χ0) is 23.8. The van der Waals surface area contributed by atoms with Gasteiger partial charge in [-0.2, -0.15) is 0 Å². The van der Waals surface area contributed by atoms with E-state index in [4.69, 9.17) is 4.74 Å². The number of fused-ring (bicyclic) bond motifs is 1. The number of ether oxygens (including phenoxy) is 2. The third-order valence-corrected chi connectivity index (χ3v) is 4.92. The summed E-state index contributed by atoms with van der Waals surface area (Å²) in [6.45, 7) is 6.57. The van der Waals surface area contributed by atoms with Crippen LogP contribution in [0.2, 0.25) is 0 Å². The van der Waals surface area contributed by atoms with E-state index >= 15 is 0 Å². The van der Waals surface area contributed by atoms with Gasteiger partial charge in [0.1, 0.15) is 22.8 Å². The summed E-state index contributed by atoms with van der Waals surface area (Å²) in [4.78, 5) is 22.7. The van der Waals surface area contributed by atoms with Gasteiger partial charge in [-0.1, -0.05) is 6.07 Å². The second-order valence-corrected chi connectivity index (χ2v) is 8.75. The fourth-order valence-electron chi connectivity index (χ4n) is 3.59. The number of hydrogen-bond donors (Lipinski definition) is 1. The predicted molar refractivity (Wildman–Crippen MR) is 115 cm³/mol. The van der Waals surface area contributed by atoms with Gasteiger partial charge < -0.3 is 19.7 Å². The summed E-state index contributed by atoms with van der Waals surface area (Å²) in [5.74, 6) is 0.279. The molecule has 0 aromatic carbocycles. The number of imidazole rings is 1. The van der Waals surface area contributed by atoms with Crippen molar-refractivity contribution in [1.29, 1.82) is 0 Å². The molecule has 1 aliphatic heterocycles. The fourth-order valence-corrected chi connectivity index (χ4v) is 3.59. The van der Waals surface area contributed by atoms with Crippen molar-refractivity contribution < 1.29 is 27.4 Å². The van der Waals surface area contributed by atoms with Crippen LogP contribution in [0, 0.1) is 0 Å². The molecule has 1 saturated heterocycles. The number of anilines is 1. The van der Waals surface area contributed by atoms with E-state index in [0.717, 1.165) is 6.42 Å². The van der Waals surface area contributed by atoms with Crippen LogP contribution < -0.4 is 10.1 Å². The number of rotatable bonds is 4. The number of pyridine rings is 2. The molecule has 4 heterocycles. The van der Waals surface area contributed by atoms with Crippen LogP contribution >= 0.6 is 0 Å². The normalized spacial score (nSPS) is 16.8. The lowest BCUT2D eigenvalue weighted by atomic mass is 10.2. The summed E-state index contributed by atoms with van der Waals surface area (Å²) in [6.07, 6.45) is -1.36. The van der Waals surface area contributed by atoms with Gasteiger partial charge >= 0.3 is 12.5 Å². The molecule has 4 rings (SSSR count). The average molecular weight is 463 g/mol. The molecule has 11 heteroatoms. The van der Waals surface area contributed by atoms with E-state index in [0.29, 0.717) is 35.9 Å². The largest absolute Gasteiger partial charge is 0.573 e. The summed E-state index contributed by atoms with van der Waals surface area (Å²) < 4.78 is 48.4. The number of halogens is 3. The third kappa shape index (κ3) is 5.65. The molecule has 1 fully saturated rings. The van der Waals surface area contributed by atoms with Gasteiger partial charge in [0, 0.05) is 31.4 Å². The molecule has 0 aliphatic carbocycles. The molecule has 1 N–H and O–H groups in total. The van der Waals surface area contributed by atoms with Crippen molar-refractivity contribution in [1.82, 2.24) is 19.3 Å². The van der Waals surface area contributed by atoms with Crippen molar-refractivity contribution in [2.24, 2.45) is 0 Å². The first-order chi connectivity index (χ1) is 15.5. The van der Waals surface area contributed by atoms with E-state index in [-0.39, 0.29) is 17.9 Å². The number of nitrogens with one attached hydrogen (secondary N) is 1. The molecular weight excluding hydrogens is 439 g/mol.